The van der Waals surface area contributed by atoms with Gasteiger partial charge < -0.3 is 10.1 Å². The Bertz CT molecular complexity index is 186. The van der Waals surface area contributed by atoms with Gasteiger partial charge in [-0.1, -0.05) is 30.3 Å². The molecule has 0 aliphatic heterocycles. The highest BCUT2D eigenvalue weighted by Crippen LogP contribution is 1.99. The first-order chi connectivity index (χ1) is 5.93. The largest absolute Gasteiger partial charge is 0.377 e. The first-order valence-electron chi connectivity index (χ1n) is 3.90. The smallest absolute Gasteiger partial charge is 0.0716 e. The molecule has 0 aromatic heterocycles. The minimum atomic E-state index is 0.733. The Morgan fingerprint density at radius 2 is 1.83 bits per heavy atom. The van der Waals surface area contributed by atoms with E-state index in [0.29, 0.717) is 0 Å². The lowest BCUT2D eigenvalue weighted by Gasteiger charge is -1.98. The van der Waals surface area contributed by atoms with Crippen LogP contribution >= 0.6 is 0 Å². The van der Waals surface area contributed by atoms with E-state index in [4.69, 9.17) is 10.1 Å². The molecular weight excluding hydrogens is 150 g/mol. The van der Waals surface area contributed by atoms with Gasteiger partial charge in [-0.2, -0.15) is 0 Å². The van der Waals surface area contributed by atoms with Crippen molar-refractivity contribution in [2.45, 2.75) is 13.5 Å². The second kappa shape index (κ2) is 7.95. The topological polar surface area (TPSA) is 33.1 Å². The predicted octanol–water partition coefficient (Wildman–Crippen LogP) is 2.49. The standard InChI is InChI=1S/C9H12O.CH3N/c1-2-10-8-9-6-4-3-5-7-9;1-2/h3-7H,2,8H2,1H3;2H,1H2. The quantitative estimate of drug-likeness (QED) is 0.686. The third kappa shape index (κ3) is 4.63. The third-order valence-corrected chi connectivity index (χ3v) is 1.32. The van der Waals surface area contributed by atoms with Crippen molar-refractivity contribution in [1.29, 1.82) is 5.41 Å². The molecule has 0 bridgehead atoms. The van der Waals surface area contributed by atoms with Crippen molar-refractivity contribution in [1.82, 2.24) is 0 Å². The molecule has 0 atom stereocenters. The van der Waals surface area contributed by atoms with Crippen LogP contribution in [0.1, 0.15) is 12.5 Å². The van der Waals surface area contributed by atoms with Crippen LogP contribution < -0.4 is 0 Å². The molecule has 0 amide bonds. The molecule has 2 heteroatoms. The van der Waals surface area contributed by atoms with Crippen molar-refractivity contribution in [2.24, 2.45) is 0 Å². The van der Waals surface area contributed by atoms with Gasteiger partial charge in [-0.15, -0.1) is 0 Å². The van der Waals surface area contributed by atoms with E-state index in [0.717, 1.165) is 13.2 Å². The minimum Gasteiger partial charge on any atom is -0.377 e. The minimum absolute atomic E-state index is 0.733. The second-order valence-electron chi connectivity index (χ2n) is 2.12. The molecule has 1 aromatic carbocycles. The van der Waals surface area contributed by atoms with Crippen LogP contribution in [0.25, 0.3) is 0 Å². The Balaban J connectivity index is 0.000000561. The zero-order chi connectivity index (χ0) is 9.23. The van der Waals surface area contributed by atoms with Crippen molar-refractivity contribution in [3.05, 3.63) is 35.9 Å². The van der Waals surface area contributed by atoms with Crippen LogP contribution in [0.15, 0.2) is 30.3 Å². The molecule has 0 heterocycles. The monoisotopic (exact) mass is 165 g/mol. The molecule has 0 unspecified atom stereocenters. The van der Waals surface area contributed by atoms with E-state index in [1.54, 1.807) is 0 Å². The SMILES string of the molecule is C=N.CCOCc1ccccc1. The van der Waals surface area contributed by atoms with Gasteiger partial charge in [-0.05, 0) is 19.2 Å². The highest BCUT2D eigenvalue weighted by Gasteiger charge is 1.86. The van der Waals surface area contributed by atoms with Crippen LogP contribution in [0.3, 0.4) is 0 Å². The van der Waals surface area contributed by atoms with Gasteiger partial charge in [0.1, 0.15) is 0 Å². The van der Waals surface area contributed by atoms with Crippen molar-refractivity contribution in [3.63, 3.8) is 0 Å². The van der Waals surface area contributed by atoms with E-state index in [2.05, 4.69) is 18.9 Å². The molecule has 1 rings (SSSR count). The second-order valence-corrected chi connectivity index (χ2v) is 2.12. The van der Waals surface area contributed by atoms with Gasteiger partial charge in [0.05, 0.1) is 6.61 Å². The van der Waals surface area contributed by atoms with Gasteiger partial charge >= 0.3 is 0 Å². The molecule has 0 spiro atoms. The summed E-state index contributed by atoms with van der Waals surface area (Å²) >= 11 is 0. The van der Waals surface area contributed by atoms with Gasteiger partial charge in [0.25, 0.3) is 0 Å². The summed E-state index contributed by atoms with van der Waals surface area (Å²) in [6, 6.07) is 10.2. The summed E-state index contributed by atoms with van der Waals surface area (Å²) in [6.07, 6.45) is 0. The molecule has 0 saturated carbocycles. The molecule has 1 aromatic rings. The predicted molar refractivity (Wildman–Crippen MR) is 51.6 cm³/mol. The zero-order valence-electron chi connectivity index (χ0n) is 7.42. The Morgan fingerprint density at radius 3 is 2.33 bits per heavy atom. The van der Waals surface area contributed by atoms with E-state index >= 15 is 0 Å². The maximum Gasteiger partial charge on any atom is 0.0716 e. The molecule has 0 aliphatic rings. The molecule has 1 N–H and O–H groups in total. The lowest BCUT2D eigenvalue weighted by atomic mass is 10.2. The lowest BCUT2D eigenvalue weighted by Crippen LogP contribution is -1.90. The van der Waals surface area contributed by atoms with Crippen molar-refractivity contribution in [3.8, 4) is 0 Å². The van der Waals surface area contributed by atoms with E-state index in [-0.39, 0.29) is 0 Å². The Hall–Kier alpha value is -1.15. The Morgan fingerprint density at radius 1 is 1.25 bits per heavy atom. The van der Waals surface area contributed by atoms with Crippen LogP contribution in [-0.2, 0) is 11.3 Å². The maximum absolute atomic E-state index is 5.50. The van der Waals surface area contributed by atoms with Crippen LogP contribution in [0.4, 0.5) is 0 Å². The fourth-order valence-electron chi connectivity index (χ4n) is 0.794. The molecule has 0 fully saturated rings. The number of rotatable bonds is 3. The summed E-state index contributed by atoms with van der Waals surface area (Å²) in [5, 5.41) is 5.50. The Kier molecular flexibility index (Phi) is 7.19. The first kappa shape index (κ1) is 10.8. The van der Waals surface area contributed by atoms with Crippen LogP contribution in [-0.4, -0.2) is 13.3 Å². The van der Waals surface area contributed by atoms with E-state index in [9.17, 15) is 0 Å². The third-order valence-electron chi connectivity index (χ3n) is 1.32. The highest BCUT2D eigenvalue weighted by atomic mass is 16.5. The van der Waals surface area contributed by atoms with Crippen molar-refractivity contribution in [2.75, 3.05) is 6.61 Å². The number of hydrogen-bond donors (Lipinski definition) is 1. The summed E-state index contributed by atoms with van der Waals surface area (Å²) in [6.45, 7) is 6.02. The summed E-state index contributed by atoms with van der Waals surface area (Å²) < 4.78 is 5.22. The molecule has 0 radical (unpaired) electrons. The van der Waals surface area contributed by atoms with Crippen LogP contribution in [0.5, 0.6) is 0 Å². The van der Waals surface area contributed by atoms with E-state index in [1.165, 1.54) is 5.56 Å². The highest BCUT2D eigenvalue weighted by molar-refractivity contribution is 5.15. The van der Waals surface area contributed by atoms with Gasteiger partial charge in [-0.25, -0.2) is 0 Å². The number of benzene rings is 1. The summed E-state index contributed by atoms with van der Waals surface area (Å²) in [4.78, 5) is 0. The number of ether oxygens (including phenoxy) is 1. The molecule has 0 saturated heterocycles. The molecule has 2 nitrogen and oxygen atoms in total. The van der Waals surface area contributed by atoms with Crippen LogP contribution in [0, 0.1) is 5.41 Å². The van der Waals surface area contributed by atoms with Gasteiger partial charge in [-0.3, -0.25) is 0 Å². The summed E-state index contributed by atoms with van der Waals surface area (Å²) in [5.74, 6) is 0. The first-order valence-corrected chi connectivity index (χ1v) is 3.90. The summed E-state index contributed by atoms with van der Waals surface area (Å²) in [5.41, 5.74) is 1.24. The molecular formula is C10H15NO. The van der Waals surface area contributed by atoms with E-state index in [1.807, 2.05) is 25.1 Å². The number of hydrogen-bond acceptors (Lipinski definition) is 2. The molecule has 66 valence electrons. The van der Waals surface area contributed by atoms with Gasteiger partial charge in [0.15, 0.2) is 0 Å². The van der Waals surface area contributed by atoms with Gasteiger partial charge in [0, 0.05) is 6.61 Å². The fourth-order valence-corrected chi connectivity index (χ4v) is 0.794. The normalized spacial score (nSPS) is 8.42. The maximum atomic E-state index is 5.50. The van der Waals surface area contributed by atoms with E-state index < -0.39 is 0 Å². The number of nitrogens with one attached hydrogen (secondary N) is 1. The summed E-state index contributed by atoms with van der Waals surface area (Å²) in [7, 11) is 0. The molecule has 12 heavy (non-hydrogen) atoms. The van der Waals surface area contributed by atoms with Crippen molar-refractivity contribution < 1.29 is 4.74 Å². The fraction of sp³-hybridized carbons (Fsp3) is 0.300. The average Bonchev–Trinajstić information content (AvgIpc) is 2.19. The molecule has 0 aliphatic carbocycles. The van der Waals surface area contributed by atoms with Crippen molar-refractivity contribution >= 4 is 6.72 Å². The zero-order valence-corrected chi connectivity index (χ0v) is 7.42. The lowest BCUT2D eigenvalue weighted by molar-refractivity contribution is 0.134. The Labute approximate surface area is 73.7 Å². The average molecular weight is 165 g/mol. The van der Waals surface area contributed by atoms with Crippen LogP contribution in [0.2, 0.25) is 0 Å². The van der Waals surface area contributed by atoms with Gasteiger partial charge in [0.2, 0.25) is 0 Å².